The summed E-state index contributed by atoms with van der Waals surface area (Å²) < 4.78 is 13.8. The molecule has 0 spiro atoms. The van der Waals surface area contributed by atoms with Crippen LogP contribution < -0.4 is 5.32 Å². The van der Waals surface area contributed by atoms with Crippen LogP contribution in [-0.4, -0.2) is 13.1 Å². The number of rotatable bonds is 6. The molecule has 19 heavy (non-hydrogen) atoms. The van der Waals surface area contributed by atoms with Gasteiger partial charge in [-0.1, -0.05) is 30.7 Å². The minimum absolute atomic E-state index is 0.190. The topological polar surface area (TPSA) is 12.0 Å². The van der Waals surface area contributed by atoms with Crippen molar-refractivity contribution in [1.82, 2.24) is 5.32 Å². The smallest absolute Gasteiger partial charge is 0.123 e. The van der Waals surface area contributed by atoms with E-state index in [2.05, 4.69) is 18.3 Å². The van der Waals surface area contributed by atoms with Gasteiger partial charge in [0, 0.05) is 17.3 Å². The second kappa shape index (κ2) is 7.04. The Hall–Kier alpha value is -0.900. The summed E-state index contributed by atoms with van der Waals surface area (Å²) in [6.45, 7) is 3.91. The first kappa shape index (κ1) is 14.5. The molecule has 0 aliphatic carbocycles. The predicted molar refractivity (Wildman–Crippen MR) is 80.7 cm³/mol. The molecule has 0 radical (unpaired) electrons. The fourth-order valence-corrected chi connectivity index (χ4v) is 3.23. The van der Waals surface area contributed by atoms with Crippen molar-refractivity contribution in [3.8, 4) is 0 Å². The second-order valence-corrected chi connectivity index (χ2v) is 6.27. The SMILES string of the molecule is CCNCC(Cc1ccc(Cl)s1)c1ccc(F)cc1. The van der Waals surface area contributed by atoms with Gasteiger partial charge in [-0.15, -0.1) is 11.3 Å². The van der Waals surface area contributed by atoms with E-state index < -0.39 is 0 Å². The average Bonchev–Trinajstić information content (AvgIpc) is 2.81. The second-order valence-electron chi connectivity index (χ2n) is 4.47. The molecule has 1 aromatic heterocycles. The minimum atomic E-state index is -0.190. The van der Waals surface area contributed by atoms with E-state index in [0.29, 0.717) is 5.92 Å². The van der Waals surface area contributed by atoms with Crippen LogP contribution in [-0.2, 0) is 6.42 Å². The molecule has 1 heterocycles. The van der Waals surface area contributed by atoms with Crippen molar-refractivity contribution in [2.75, 3.05) is 13.1 Å². The van der Waals surface area contributed by atoms with Crippen LogP contribution in [0.1, 0.15) is 23.3 Å². The molecule has 0 saturated carbocycles. The first-order valence-corrected chi connectivity index (χ1v) is 7.59. The molecule has 1 unspecified atom stereocenters. The molecule has 0 aliphatic heterocycles. The van der Waals surface area contributed by atoms with Crippen molar-refractivity contribution in [3.63, 3.8) is 0 Å². The Morgan fingerprint density at radius 3 is 2.53 bits per heavy atom. The number of thiophene rings is 1. The monoisotopic (exact) mass is 297 g/mol. The summed E-state index contributed by atoms with van der Waals surface area (Å²) >= 11 is 7.58. The highest BCUT2D eigenvalue weighted by atomic mass is 35.5. The van der Waals surface area contributed by atoms with Crippen LogP contribution in [0.3, 0.4) is 0 Å². The predicted octanol–water partition coefficient (Wildman–Crippen LogP) is 4.48. The van der Waals surface area contributed by atoms with E-state index in [1.165, 1.54) is 17.0 Å². The molecule has 1 aromatic carbocycles. The van der Waals surface area contributed by atoms with E-state index in [0.717, 1.165) is 29.4 Å². The molecule has 4 heteroatoms. The van der Waals surface area contributed by atoms with Crippen molar-refractivity contribution >= 4 is 22.9 Å². The van der Waals surface area contributed by atoms with E-state index in [9.17, 15) is 4.39 Å². The van der Waals surface area contributed by atoms with Crippen LogP contribution in [0, 0.1) is 5.82 Å². The van der Waals surface area contributed by atoms with Crippen molar-refractivity contribution in [1.29, 1.82) is 0 Å². The third kappa shape index (κ3) is 4.30. The molecule has 0 aliphatic rings. The lowest BCUT2D eigenvalue weighted by Gasteiger charge is -2.17. The average molecular weight is 298 g/mol. The highest BCUT2D eigenvalue weighted by Crippen LogP contribution is 2.27. The molecule has 2 rings (SSSR count). The normalized spacial score (nSPS) is 12.6. The van der Waals surface area contributed by atoms with Gasteiger partial charge in [0.1, 0.15) is 5.82 Å². The van der Waals surface area contributed by atoms with E-state index in [1.54, 1.807) is 11.3 Å². The Morgan fingerprint density at radius 1 is 1.21 bits per heavy atom. The van der Waals surface area contributed by atoms with Crippen molar-refractivity contribution in [3.05, 3.63) is 57.0 Å². The third-order valence-corrected chi connectivity index (χ3v) is 4.31. The number of hydrogen-bond donors (Lipinski definition) is 1. The Bertz CT molecular complexity index is 509. The largest absolute Gasteiger partial charge is 0.316 e. The number of halogens is 2. The first-order valence-electron chi connectivity index (χ1n) is 6.39. The van der Waals surface area contributed by atoms with Gasteiger partial charge in [-0.05, 0) is 42.8 Å². The molecule has 2 aromatic rings. The molecule has 0 saturated heterocycles. The Kier molecular flexibility index (Phi) is 5.37. The first-order chi connectivity index (χ1) is 9.19. The number of nitrogens with one attached hydrogen (secondary N) is 1. The zero-order valence-corrected chi connectivity index (χ0v) is 12.4. The fourth-order valence-electron chi connectivity index (χ4n) is 2.07. The summed E-state index contributed by atoms with van der Waals surface area (Å²) in [5, 5.41) is 3.37. The lowest BCUT2D eigenvalue weighted by Crippen LogP contribution is -2.22. The standard InChI is InChI=1S/C15H17ClFNS/c1-2-18-10-12(9-14-7-8-15(16)19-14)11-3-5-13(17)6-4-11/h3-8,12,18H,2,9-10H2,1H3. The van der Waals surface area contributed by atoms with Crippen molar-refractivity contribution in [2.24, 2.45) is 0 Å². The number of likely N-dealkylation sites (N-methyl/N-ethyl adjacent to an activating group) is 1. The summed E-state index contributed by atoms with van der Waals surface area (Å²) in [6, 6.07) is 10.8. The van der Waals surface area contributed by atoms with E-state index in [-0.39, 0.29) is 5.82 Å². The number of benzene rings is 1. The van der Waals surface area contributed by atoms with Gasteiger partial charge in [0.05, 0.1) is 4.34 Å². The van der Waals surface area contributed by atoms with Gasteiger partial charge in [0.2, 0.25) is 0 Å². The Labute approximate surface area is 122 Å². The number of hydrogen-bond acceptors (Lipinski definition) is 2. The summed E-state index contributed by atoms with van der Waals surface area (Å²) in [4.78, 5) is 1.26. The van der Waals surface area contributed by atoms with E-state index in [4.69, 9.17) is 11.6 Å². The summed E-state index contributed by atoms with van der Waals surface area (Å²) in [6.07, 6.45) is 0.927. The highest BCUT2D eigenvalue weighted by molar-refractivity contribution is 7.16. The van der Waals surface area contributed by atoms with Gasteiger partial charge >= 0.3 is 0 Å². The maximum absolute atomic E-state index is 13.0. The van der Waals surface area contributed by atoms with Gasteiger partial charge in [-0.25, -0.2) is 4.39 Å². The molecule has 1 nitrogen and oxygen atoms in total. The zero-order valence-electron chi connectivity index (χ0n) is 10.8. The molecule has 1 N–H and O–H groups in total. The minimum Gasteiger partial charge on any atom is -0.316 e. The Balaban J connectivity index is 2.13. The van der Waals surface area contributed by atoms with E-state index >= 15 is 0 Å². The van der Waals surface area contributed by atoms with Crippen LogP contribution in [0.15, 0.2) is 36.4 Å². The summed E-state index contributed by atoms with van der Waals surface area (Å²) in [5.74, 6) is 0.153. The summed E-state index contributed by atoms with van der Waals surface area (Å²) in [5.41, 5.74) is 1.16. The van der Waals surface area contributed by atoms with Crippen LogP contribution in [0.5, 0.6) is 0 Å². The molecule has 0 fully saturated rings. The van der Waals surface area contributed by atoms with Crippen LogP contribution >= 0.6 is 22.9 Å². The van der Waals surface area contributed by atoms with Gasteiger partial charge < -0.3 is 5.32 Å². The van der Waals surface area contributed by atoms with Crippen LogP contribution in [0.4, 0.5) is 4.39 Å². The Morgan fingerprint density at radius 2 is 1.95 bits per heavy atom. The lowest BCUT2D eigenvalue weighted by molar-refractivity contribution is 0.592. The van der Waals surface area contributed by atoms with Gasteiger partial charge in [0.15, 0.2) is 0 Å². The molecule has 102 valence electrons. The molecular weight excluding hydrogens is 281 g/mol. The maximum atomic E-state index is 13.0. The van der Waals surface area contributed by atoms with Crippen molar-refractivity contribution < 1.29 is 4.39 Å². The molecule has 0 amide bonds. The molecule has 1 atom stereocenters. The quantitative estimate of drug-likeness (QED) is 0.829. The molecular formula is C15H17ClFNS. The zero-order chi connectivity index (χ0) is 13.7. The van der Waals surface area contributed by atoms with E-state index in [1.807, 2.05) is 18.2 Å². The lowest BCUT2D eigenvalue weighted by atomic mass is 9.95. The van der Waals surface area contributed by atoms with Crippen molar-refractivity contribution in [2.45, 2.75) is 19.3 Å². The fraction of sp³-hybridized carbons (Fsp3) is 0.333. The van der Waals surface area contributed by atoms with Crippen LogP contribution in [0.2, 0.25) is 4.34 Å². The van der Waals surface area contributed by atoms with Gasteiger partial charge in [-0.3, -0.25) is 0 Å². The maximum Gasteiger partial charge on any atom is 0.123 e. The third-order valence-electron chi connectivity index (χ3n) is 3.06. The highest BCUT2D eigenvalue weighted by Gasteiger charge is 2.13. The summed E-state index contributed by atoms with van der Waals surface area (Å²) in [7, 11) is 0. The van der Waals surface area contributed by atoms with Crippen LogP contribution in [0.25, 0.3) is 0 Å². The molecule has 0 bridgehead atoms. The van der Waals surface area contributed by atoms with Gasteiger partial charge in [0.25, 0.3) is 0 Å². The van der Waals surface area contributed by atoms with Gasteiger partial charge in [-0.2, -0.15) is 0 Å².